The maximum absolute atomic E-state index is 12.7. The number of hydrogen-bond donors (Lipinski definition) is 1. The number of furan rings is 1. The summed E-state index contributed by atoms with van der Waals surface area (Å²) in [6, 6.07) is 5.73. The number of nitrogens with one attached hydrogen (secondary N) is 1. The Labute approximate surface area is 135 Å². The first-order valence-electron chi connectivity index (χ1n) is 8.27. The second-order valence-electron chi connectivity index (χ2n) is 6.61. The van der Waals surface area contributed by atoms with Gasteiger partial charge < -0.3 is 19.4 Å². The van der Waals surface area contributed by atoms with Gasteiger partial charge >= 0.3 is 0 Å². The van der Waals surface area contributed by atoms with E-state index in [9.17, 15) is 4.79 Å². The Morgan fingerprint density at radius 3 is 3.13 bits per heavy atom. The van der Waals surface area contributed by atoms with Gasteiger partial charge in [0.1, 0.15) is 11.3 Å². The second kappa shape index (κ2) is 5.89. The molecule has 2 fully saturated rings. The Bertz CT molecular complexity index is 724. The molecule has 0 aliphatic carbocycles. The Kier molecular flexibility index (Phi) is 3.73. The molecule has 0 bridgehead atoms. The van der Waals surface area contributed by atoms with Crippen molar-refractivity contribution in [3.8, 4) is 5.75 Å². The molecule has 0 unspecified atom stereocenters. The van der Waals surface area contributed by atoms with Crippen molar-refractivity contribution in [3.05, 3.63) is 30.0 Å². The van der Waals surface area contributed by atoms with E-state index in [1.807, 2.05) is 23.1 Å². The van der Waals surface area contributed by atoms with Crippen molar-refractivity contribution in [2.24, 2.45) is 11.8 Å². The lowest BCUT2D eigenvalue weighted by molar-refractivity contribution is -0.132. The number of likely N-dealkylation sites (tertiary alicyclic amines) is 1. The Morgan fingerprint density at radius 2 is 2.26 bits per heavy atom. The van der Waals surface area contributed by atoms with Crippen LogP contribution in [-0.2, 0) is 11.2 Å². The van der Waals surface area contributed by atoms with E-state index < -0.39 is 0 Å². The van der Waals surface area contributed by atoms with Gasteiger partial charge in [0.2, 0.25) is 5.91 Å². The number of carbonyl (C=O) groups excluding carboxylic acids is 1. The van der Waals surface area contributed by atoms with E-state index in [0.29, 0.717) is 12.3 Å². The molecule has 4 rings (SSSR count). The summed E-state index contributed by atoms with van der Waals surface area (Å²) >= 11 is 0. The van der Waals surface area contributed by atoms with Gasteiger partial charge in [0, 0.05) is 30.1 Å². The molecule has 0 radical (unpaired) electrons. The topological polar surface area (TPSA) is 54.7 Å². The molecule has 2 aliphatic rings. The van der Waals surface area contributed by atoms with E-state index in [4.69, 9.17) is 9.15 Å². The number of carbonyl (C=O) groups is 1. The molecule has 0 spiro atoms. The minimum Gasteiger partial charge on any atom is -0.497 e. The van der Waals surface area contributed by atoms with Crippen LogP contribution in [0.4, 0.5) is 0 Å². The summed E-state index contributed by atoms with van der Waals surface area (Å²) in [7, 11) is 1.63. The number of ether oxygens (including phenoxy) is 1. The number of piperidine rings is 1. The number of nitrogens with zero attached hydrogens (tertiary/aromatic N) is 1. The van der Waals surface area contributed by atoms with Gasteiger partial charge in [-0.25, -0.2) is 0 Å². The van der Waals surface area contributed by atoms with Crippen LogP contribution in [0.5, 0.6) is 5.75 Å². The summed E-state index contributed by atoms with van der Waals surface area (Å²) in [6.45, 7) is 3.93. The smallest absolute Gasteiger partial charge is 0.227 e. The molecule has 0 saturated carbocycles. The fourth-order valence-corrected chi connectivity index (χ4v) is 3.86. The van der Waals surface area contributed by atoms with Crippen LogP contribution in [0.15, 0.2) is 28.9 Å². The van der Waals surface area contributed by atoms with Crippen LogP contribution in [-0.4, -0.2) is 44.1 Å². The number of rotatable bonds is 3. The Morgan fingerprint density at radius 1 is 1.39 bits per heavy atom. The molecule has 2 atom stereocenters. The van der Waals surface area contributed by atoms with Gasteiger partial charge in [-0.1, -0.05) is 0 Å². The largest absolute Gasteiger partial charge is 0.497 e. The lowest BCUT2D eigenvalue weighted by atomic mass is 9.88. The van der Waals surface area contributed by atoms with Gasteiger partial charge in [-0.2, -0.15) is 0 Å². The molecule has 122 valence electrons. The lowest BCUT2D eigenvalue weighted by Crippen LogP contribution is -2.44. The molecular weight excluding hydrogens is 292 g/mol. The van der Waals surface area contributed by atoms with Crippen molar-refractivity contribution >= 4 is 16.9 Å². The average molecular weight is 314 g/mol. The first kappa shape index (κ1) is 14.6. The second-order valence-corrected chi connectivity index (χ2v) is 6.61. The molecule has 5 nitrogen and oxygen atoms in total. The first-order chi connectivity index (χ1) is 11.2. The summed E-state index contributed by atoms with van der Waals surface area (Å²) in [4.78, 5) is 14.7. The molecule has 2 aliphatic heterocycles. The maximum atomic E-state index is 12.7. The predicted molar refractivity (Wildman–Crippen MR) is 87.5 cm³/mol. The molecule has 1 aromatic heterocycles. The highest BCUT2D eigenvalue weighted by Gasteiger charge is 2.34. The van der Waals surface area contributed by atoms with E-state index in [1.165, 1.54) is 0 Å². The van der Waals surface area contributed by atoms with Gasteiger partial charge in [0.25, 0.3) is 0 Å². The lowest BCUT2D eigenvalue weighted by Gasteiger charge is -2.34. The van der Waals surface area contributed by atoms with Crippen LogP contribution in [0, 0.1) is 11.8 Å². The summed E-state index contributed by atoms with van der Waals surface area (Å²) in [5.41, 5.74) is 1.73. The number of fused-ring (bicyclic) bond motifs is 2. The zero-order valence-electron chi connectivity index (χ0n) is 13.4. The molecule has 2 aromatic rings. The molecule has 5 heteroatoms. The number of hydrogen-bond acceptors (Lipinski definition) is 4. The van der Waals surface area contributed by atoms with Crippen molar-refractivity contribution in [2.75, 3.05) is 33.3 Å². The fraction of sp³-hybridized carbons (Fsp3) is 0.500. The Balaban J connectivity index is 1.48. The number of methoxy groups -OCH3 is 1. The standard InChI is InChI=1S/C18H22N2O3/c1-22-15-2-3-16-13(11-23-17(16)7-15)6-18(21)20-5-4-12-8-19-9-14(12)10-20/h2-3,7,11-12,14,19H,4-6,8-10H2,1H3/t12-,14-/m0/s1. The Hall–Kier alpha value is -2.01. The zero-order valence-corrected chi connectivity index (χ0v) is 13.4. The fourth-order valence-electron chi connectivity index (χ4n) is 3.86. The normalized spacial score (nSPS) is 24.0. The van der Waals surface area contributed by atoms with Crippen LogP contribution in [0.1, 0.15) is 12.0 Å². The highest BCUT2D eigenvalue weighted by Crippen LogP contribution is 2.29. The third-order valence-corrected chi connectivity index (χ3v) is 5.26. The molecule has 1 aromatic carbocycles. The number of amides is 1. The molecule has 1 amide bonds. The zero-order chi connectivity index (χ0) is 15.8. The van der Waals surface area contributed by atoms with Gasteiger partial charge in [-0.05, 0) is 43.5 Å². The SMILES string of the molecule is COc1ccc2c(CC(=O)N3CC[C@H]4CNC[C@H]4C3)coc2c1. The van der Waals surface area contributed by atoms with Gasteiger partial charge in [-0.15, -0.1) is 0 Å². The third-order valence-electron chi connectivity index (χ3n) is 5.26. The minimum atomic E-state index is 0.203. The van der Waals surface area contributed by atoms with Crippen molar-refractivity contribution in [3.63, 3.8) is 0 Å². The minimum absolute atomic E-state index is 0.203. The third kappa shape index (κ3) is 2.70. The molecule has 23 heavy (non-hydrogen) atoms. The van der Waals surface area contributed by atoms with E-state index >= 15 is 0 Å². The molecule has 2 saturated heterocycles. The predicted octanol–water partition coefficient (Wildman–Crippen LogP) is 2.05. The quantitative estimate of drug-likeness (QED) is 0.942. The van der Waals surface area contributed by atoms with Crippen molar-refractivity contribution in [1.82, 2.24) is 10.2 Å². The molecule has 3 heterocycles. The summed E-state index contributed by atoms with van der Waals surface area (Å²) in [5, 5.41) is 4.44. The van der Waals surface area contributed by atoms with Crippen molar-refractivity contribution < 1.29 is 13.9 Å². The maximum Gasteiger partial charge on any atom is 0.227 e. The molecular formula is C18H22N2O3. The van der Waals surface area contributed by atoms with Gasteiger partial charge in [-0.3, -0.25) is 4.79 Å². The van der Waals surface area contributed by atoms with Crippen LogP contribution in [0.2, 0.25) is 0 Å². The van der Waals surface area contributed by atoms with Crippen LogP contribution >= 0.6 is 0 Å². The summed E-state index contributed by atoms with van der Waals surface area (Å²) in [5.74, 6) is 2.34. The van der Waals surface area contributed by atoms with Crippen LogP contribution in [0.25, 0.3) is 11.0 Å². The van der Waals surface area contributed by atoms with E-state index in [-0.39, 0.29) is 5.91 Å². The number of benzene rings is 1. The van der Waals surface area contributed by atoms with E-state index in [0.717, 1.165) is 60.8 Å². The summed E-state index contributed by atoms with van der Waals surface area (Å²) in [6.07, 6.45) is 3.22. The summed E-state index contributed by atoms with van der Waals surface area (Å²) < 4.78 is 10.8. The van der Waals surface area contributed by atoms with E-state index in [1.54, 1.807) is 13.4 Å². The van der Waals surface area contributed by atoms with Crippen LogP contribution in [0.3, 0.4) is 0 Å². The van der Waals surface area contributed by atoms with Crippen molar-refractivity contribution in [2.45, 2.75) is 12.8 Å². The van der Waals surface area contributed by atoms with Crippen LogP contribution < -0.4 is 10.1 Å². The highest BCUT2D eigenvalue weighted by atomic mass is 16.5. The van der Waals surface area contributed by atoms with E-state index in [2.05, 4.69) is 5.32 Å². The average Bonchev–Trinajstić information content (AvgIpc) is 3.20. The molecule has 1 N–H and O–H groups in total. The highest BCUT2D eigenvalue weighted by molar-refractivity contribution is 5.88. The van der Waals surface area contributed by atoms with Gasteiger partial charge in [0.05, 0.1) is 19.8 Å². The monoisotopic (exact) mass is 314 g/mol. The first-order valence-corrected chi connectivity index (χ1v) is 8.27. The van der Waals surface area contributed by atoms with Gasteiger partial charge in [0.15, 0.2) is 0 Å². The van der Waals surface area contributed by atoms with Crippen molar-refractivity contribution in [1.29, 1.82) is 0 Å².